The van der Waals surface area contributed by atoms with Crippen molar-refractivity contribution in [3.05, 3.63) is 188 Å². The van der Waals surface area contributed by atoms with Crippen LogP contribution < -0.4 is 0 Å². The lowest BCUT2D eigenvalue weighted by Gasteiger charge is -2.11. The molecule has 0 unspecified atom stereocenters. The number of hydrogen-bond donors (Lipinski definition) is 0. The fraction of sp³-hybridized carbons (Fsp3) is 0. The molecule has 0 radical (unpaired) electrons. The molecule has 4 nitrogen and oxygen atoms in total. The normalized spacial score (nSPS) is 11.6. The van der Waals surface area contributed by atoms with Crippen LogP contribution in [0, 0.1) is 0 Å². The first-order valence-corrected chi connectivity index (χ1v) is 18.5. The van der Waals surface area contributed by atoms with Gasteiger partial charge in [-0.05, 0) is 73.3 Å². The summed E-state index contributed by atoms with van der Waals surface area (Å²) in [4.78, 5) is 15.6. The van der Waals surface area contributed by atoms with E-state index in [4.69, 9.17) is 19.4 Å². The number of furan rings is 1. The highest BCUT2D eigenvalue weighted by molar-refractivity contribution is 6.21. The standard InChI is InChI=1S/C51H31N3O/c1-2-13-35(14-3-1)46-42-18-9-8-17-40(42)31-44-47-43(19-10-20-45(47)55-48(44)46)51-53-49(52-50(54-51)41-28-24-33-12-5-7-16-38(33)30-41)36-25-21-34(22-26-36)39-27-23-32-11-4-6-15-37(32)29-39/h1-31H. The van der Waals surface area contributed by atoms with Crippen LogP contribution in [0.25, 0.3) is 111 Å². The molecule has 11 aromatic rings. The van der Waals surface area contributed by atoms with Crippen LogP contribution in [0.4, 0.5) is 0 Å². The molecule has 0 bridgehead atoms. The van der Waals surface area contributed by atoms with Crippen molar-refractivity contribution >= 4 is 54.3 Å². The van der Waals surface area contributed by atoms with Crippen molar-refractivity contribution in [1.29, 1.82) is 0 Å². The van der Waals surface area contributed by atoms with Gasteiger partial charge in [0.25, 0.3) is 0 Å². The van der Waals surface area contributed by atoms with Crippen molar-refractivity contribution in [1.82, 2.24) is 15.0 Å². The number of aromatic nitrogens is 3. The summed E-state index contributed by atoms with van der Waals surface area (Å²) in [5, 5.41) is 9.04. The van der Waals surface area contributed by atoms with E-state index in [1.165, 1.54) is 21.7 Å². The molecule has 256 valence electrons. The SMILES string of the molecule is c1ccc(-c2c3ccccc3cc3c2oc2cccc(-c4nc(-c5ccc(-c6ccc7ccccc7c6)cc5)nc(-c5ccc6ccccc6c5)n4)c23)cc1. The molecule has 0 N–H and O–H groups in total. The second-order valence-corrected chi connectivity index (χ2v) is 14.0. The van der Waals surface area contributed by atoms with E-state index in [0.717, 1.165) is 71.5 Å². The first-order valence-electron chi connectivity index (χ1n) is 18.5. The van der Waals surface area contributed by atoms with Gasteiger partial charge in [-0.1, -0.05) is 164 Å². The average molecular weight is 702 g/mol. The summed E-state index contributed by atoms with van der Waals surface area (Å²) in [6.07, 6.45) is 0. The van der Waals surface area contributed by atoms with Gasteiger partial charge in [-0.2, -0.15) is 0 Å². The summed E-state index contributed by atoms with van der Waals surface area (Å²) in [6.45, 7) is 0. The van der Waals surface area contributed by atoms with Crippen LogP contribution in [0.15, 0.2) is 192 Å². The van der Waals surface area contributed by atoms with E-state index in [9.17, 15) is 0 Å². The fourth-order valence-electron chi connectivity index (χ4n) is 7.97. The minimum Gasteiger partial charge on any atom is -0.455 e. The molecule has 0 aliphatic carbocycles. The molecular formula is C51H31N3O. The monoisotopic (exact) mass is 701 g/mol. The van der Waals surface area contributed by atoms with Gasteiger partial charge in [-0.15, -0.1) is 0 Å². The lowest BCUT2D eigenvalue weighted by molar-refractivity contribution is 0.670. The molecule has 0 aliphatic rings. The Bertz CT molecular complexity index is 3260. The number of fused-ring (bicyclic) bond motifs is 6. The Morgan fingerprint density at radius 2 is 0.891 bits per heavy atom. The van der Waals surface area contributed by atoms with Gasteiger partial charge in [-0.25, -0.2) is 15.0 Å². The highest BCUT2D eigenvalue weighted by Gasteiger charge is 2.21. The molecule has 55 heavy (non-hydrogen) atoms. The van der Waals surface area contributed by atoms with Crippen LogP contribution in [0.5, 0.6) is 0 Å². The van der Waals surface area contributed by atoms with Gasteiger partial charge in [0.05, 0.1) is 0 Å². The molecule has 0 aliphatic heterocycles. The number of hydrogen-bond acceptors (Lipinski definition) is 4. The molecule has 4 heteroatoms. The van der Waals surface area contributed by atoms with Crippen LogP contribution in [0.3, 0.4) is 0 Å². The van der Waals surface area contributed by atoms with Crippen molar-refractivity contribution in [3.8, 4) is 56.4 Å². The van der Waals surface area contributed by atoms with Crippen LogP contribution >= 0.6 is 0 Å². The van der Waals surface area contributed by atoms with E-state index < -0.39 is 0 Å². The molecule has 11 rings (SSSR count). The molecule has 9 aromatic carbocycles. The smallest absolute Gasteiger partial charge is 0.164 e. The molecule has 0 saturated heterocycles. The van der Waals surface area contributed by atoms with E-state index >= 15 is 0 Å². The third-order valence-corrected chi connectivity index (χ3v) is 10.7. The third-order valence-electron chi connectivity index (χ3n) is 10.7. The van der Waals surface area contributed by atoms with Gasteiger partial charge in [0.2, 0.25) is 0 Å². The van der Waals surface area contributed by atoms with E-state index in [1.54, 1.807) is 0 Å². The zero-order chi connectivity index (χ0) is 36.3. The van der Waals surface area contributed by atoms with E-state index in [1.807, 2.05) is 18.2 Å². The maximum absolute atomic E-state index is 6.80. The van der Waals surface area contributed by atoms with Gasteiger partial charge in [0, 0.05) is 33.0 Å². The molecule has 2 aromatic heterocycles. The van der Waals surface area contributed by atoms with Crippen LogP contribution in [0.2, 0.25) is 0 Å². The second-order valence-electron chi connectivity index (χ2n) is 14.0. The average Bonchev–Trinajstić information content (AvgIpc) is 3.63. The minimum absolute atomic E-state index is 0.592. The van der Waals surface area contributed by atoms with Crippen molar-refractivity contribution in [3.63, 3.8) is 0 Å². The van der Waals surface area contributed by atoms with E-state index in [2.05, 4.69) is 170 Å². The summed E-state index contributed by atoms with van der Waals surface area (Å²) < 4.78 is 6.80. The molecule has 0 saturated carbocycles. The molecule has 2 heterocycles. The summed E-state index contributed by atoms with van der Waals surface area (Å²) in [7, 11) is 0. The Hall–Kier alpha value is -7.43. The van der Waals surface area contributed by atoms with Crippen LogP contribution in [-0.2, 0) is 0 Å². The van der Waals surface area contributed by atoms with Gasteiger partial charge in [-0.3, -0.25) is 0 Å². The first kappa shape index (κ1) is 31.1. The maximum atomic E-state index is 6.80. The van der Waals surface area contributed by atoms with Crippen molar-refractivity contribution in [2.45, 2.75) is 0 Å². The van der Waals surface area contributed by atoms with Crippen LogP contribution in [-0.4, -0.2) is 15.0 Å². The maximum Gasteiger partial charge on any atom is 0.164 e. The van der Waals surface area contributed by atoms with Gasteiger partial charge in [0.15, 0.2) is 17.5 Å². The Labute approximate surface area is 317 Å². The highest BCUT2D eigenvalue weighted by Crippen LogP contribution is 2.44. The Kier molecular flexibility index (Phi) is 7.14. The third kappa shape index (κ3) is 5.34. The predicted octanol–water partition coefficient (Wildman–Crippen LogP) is 13.6. The molecule has 0 amide bonds. The van der Waals surface area contributed by atoms with Crippen molar-refractivity contribution < 1.29 is 4.42 Å². The first-order chi connectivity index (χ1) is 27.2. The Balaban J connectivity index is 1.12. The number of nitrogens with zero attached hydrogens (tertiary/aromatic N) is 3. The highest BCUT2D eigenvalue weighted by atomic mass is 16.3. The lowest BCUT2D eigenvalue weighted by Crippen LogP contribution is -2.00. The summed E-state index contributed by atoms with van der Waals surface area (Å²) in [5.74, 6) is 1.82. The predicted molar refractivity (Wildman–Crippen MR) is 227 cm³/mol. The topological polar surface area (TPSA) is 51.8 Å². The van der Waals surface area contributed by atoms with Gasteiger partial charge in [0.1, 0.15) is 11.2 Å². The molecular weight excluding hydrogens is 671 g/mol. The van der Waals surface area contributed by atoms with Crippen LogP contribution in [0.1, 0.15) is 0 Å². The van der Waals surface area contributed by atoms with Crippen molar-refractivity contribution in [2.75, 3.05) is 0 Å². The lowest BCUT2D eigenvalue weighted by atomic mass is 9.94. The minimum atomic E-state index is 0.592. The summed E-state index contributed by atoms with van der Waals surface area (Å²) in [6, 6.07) is 65.8. The van der Waals surface area contributed by atoms with Gasteiger partial charge >= 0.3 is 0 Å². The summed E-state index contributed by atoms with van der Waals surface area (Å²) in [5.41, 5.74) is 8.86. The molecule has 0 atom stereocenters. The van der Waals surface area contributed by atoms with E-state index in [-0.39, 0.29) is 0 Å². The number of benzene rings is 9. The Morgan fingerprint density at radius 3 is 1.64 bits per heavy atom. The van der Waals surface area contributed by atoms with Crippen molar-refractivity contribution in [2.24, 2.45) is 0 Å². The van der Waals surface area contributed by atoms with E-state index in [0.29, 0.717) is 17.5 Å². The largest absolute Gasteiger partial charge is 0.455 e. The number of rotatable bonds is 5. The summed E-state index contributed by atoms with van der Waals surface area (Å²) >= 11 is 0. The Morgan fingerprint density at radius 1 is 0.327 bits per heavy atom. The molecule has 0 fully saturated rings. The second kappa shape index (κ2) is 12.6. The van der Waals surface area contributed by atoms with Gasteiger partial charge < -0.3 is 4.42 Å². The quantitative estimate of drug-likeness (QED) is 0.179. The molecule has 0 spiro atoms. The zero-order valence-electron chi connectivity index (χ0n) is 29.6. The fourth-order valence-corrected chi connectivity index (χ4v) is 7.97. The zero-order valence-corrected chi connectivity index (χ0v) is 29.6.